The lowest BCUT2D eigenvalue weighted by Gasteiger charge is -2.26. The van der Waals surface area contributed by atoms with E-state index in [1.807, 2.05) is 36.4 Å². The van der Waals surface area contributed by atoms with E-state index < -0.39 is 0 Å². The molecule has 0 spiro atoms. The smallest absolute Gasteiger partial charge is 0.238 e. The van der Waals surface area contributed by atoms with Crippen LogP contribution < -0.4 is 14.8 Å². The van der Waals surface area contributed by atoms with Crippen LogP contribution in [0.5, 0.6) is 11.5 Å². The number of likely N-dealkylation sites (tertiary alicyclic amines) is 1. The second kappa shape index (κ2) is 9.11. The van der Waals surface area contributed by atoms with Crippen LogP contribution in [0.1, 0.15) is 49.8 Å². The summed E-state index contributed by atoms with van der Waals surface area (Å²) in [6.07, 6.45) is 2.06. The number of rotatable bonds is 7. The topological polar surface area (TPSA) is 50.8 Å². The van der Waals surface area contributed by atoms with Gasteiger partial charge in [-0.15, -0.1) is 0 Å². The number of amides is 1. The Kier molecular flexibility index (Phi) is 6.57. The summed E-state index contributed by atoms with van der Waals surface area (Å²) in [6, 6.07) is 14.0. The van der Waals surface area contributed by atoms with Gasteiger partial charge in [0.1, 0.15) is 11.5 Å². The van der Waals surface area contributed by atoms with Crippen molar-refractivity contribution >= 4 is 11.6 Å². The summed E-state index contributed by atoms with van der Waals surface area (Å²) in [5.41, 5.74) is 3.13. The summed E-state index contributed by atoms with van der Waals surface area (Å²) < 4.78 is 11.0. The number of hydrogen-bond donors (Lipinski definition) is 1. The Morgan fingerprint density at radius 2 is 1.96 bits per heavy atom. The molecule has 2 aromatic carbocycles. The van der Waals surface area contributed by atoms with Crippen molar-refractivity contribution in [3.63, 3.8) is 0 Å². The normalized spacial score (nSPS) is 17.0. The first-order chi connectivity index (χ1) is 13.5. The minimum absolute atomic E-state index is 0.0156. The van der Waals surface area contributed by atoms with Crippen LogP contribution in [0.3, 0.4) is 0 Å². The molecule has 1 atom stereocenters. The molecule has 28 heavy (non-hydrogen) atoms. The van der Waals surface area contributed by atoms with Crippen LogP contribution in [0, 0.1) is 0 Å². The highest BCUT2D eigenvalue weighted by atomic mass is 16.5. The average Bonchev–Trinajstić information content (AvgIpc) is 3.15. The van der Waals surface area contributed by atoms with E-state index in [2.05, 4.69) is 30.1 Å². The predicted molar refractivity (Wildman–Crippen MR) is 112 cm³/mol. The maximum Gasteiger partial charge on any atom is 0.238 e. The van der Waals surface area contributed by atoms with Crippen LogP contribution in [0.4, 0.5) is 5.69 Å². The Hall–Kier alpha value is -2.53. The van der Waals surface area contributed by atoms with E-state index >= 15 is 0 Å². The molecule has 3 rings (SSSR count). The van der Waals surface area contributed by atoms with E-state index in [9.17, 15) is 4.79 Å². The van der Waals surface area contributed by atoms with E-state index in [1.165, 1.54) is 0 Å². The van der Waals surface area contributed by atoms with Crippen LogP contribution in [0.25, 0.3) is 0 Å². The molecule has 2 aromatic rings. The van der Waals surface area contributed by atoms with E-state index in [0.717, 1.165) is 47.7 Å². The second-order valence-corrected chi connectivity index (χ2v) is 7.53. The molecule has 5 nitrogen and oxygen atoms in total. The number of benzene rings is 2. The van der Waals surface area contributed by atoms with Gasteiger partial charge in [-0.3, -0.25) is 9.69 Å². The van der Waals surface area contributed by atoms with Gasteiger partial charge in [0.2, 0.25) is 5.91 Å². The number of anilines is 1. The standard InChI is InChI=1S/C23H30N2O3/c1-16(2)18-8-5-6-9-20(18)24-23(26)15-25-13-7-10-21(25)19-14-17(27-3)11-12-22(19)28-4/h5-6,8-9,11-12,14,16,21H,7,10,13,15H2,1-4H3,(H,24,26)/t21-/m0/s1. The average molecular weight is 383 g/mol. The van der Waals surface area contributed by atoms with Crippen molar-refractivity contribution in [3.05, 3.63) is 53.6 Å². The van der Waals surface area contributed by atoms with Crippen LogP contribution >= 0.6 is 0 Å². The Morgan fingerprint density at radius 3 is 2.68 bits per heavy atom. The van der Waals surface area contributed by atoms with Crippen molar-refractivity contribution in [2.24, 2.45) is 0 Å². The van der Waals surface area contributed by atoms with E-state index in [1.54, 1.807) is 14.2 Å². The molecule has 1 heterocycles. The van der Waals surface area contributed by atoms with Gasteiger partial charge < -0.3 is 14.8 Å². The number of nitrogens with one attached hydrogen (secondary N) is 1. The first kappa shape index (κ1) is 20.2. The molecule has 1 fully saturated rings. The molecule has 0 bridgehead atoms. The van der Waals surface area contributed by atoms with Crippen molar-refractivity contribution < 1.29 is 14.3 Å². The van der Waals surface area contributed by atoms with Gasteiger partial charge in [0, 0.05) is 17.3 Å². The lowest BCUT2D eigenvalue weighted by Crippen LogP contribution is -2.33. The summed E-state index contributed by atoms with van der Waals surface area (Å²) >= 11 is 0. The molecule has 0 saturated carbocycles. The fourth-order valence-corrected chi connectivity index (χ4v) is 3.96. The van der Waals surface area contributed by atoms with Gasteiger partial charge in [-0.1, -0.05) is 32.0 Å². The van der Waals surface area contributed by atoms with E-state index in [4.69, 9.17) is 9.47 Å². The summed E-state index contributed by atoms with van der Waals surface area (Å²) in [5, 5.41) is 3.11. The number of nitrogens with zero attached hydrogens (tertiary/aromatic N) is 1. The van der Waals surface area contributed by atoms with Crippen molar-refractivity contribution in [2.45, 2.75) is 38.6 Å². The minimum atomic E-state index is 0.0156. The summed E-state index contributed by atoms with van der Waals surface area (Å²) in [7, 11) is 3.35. The summed E-state index contributed by atoms with van der Waals surface area (Å²) in [4.78, 5) is 15.0. The fraction of sp³-hybridized carbons (Fsp3) is 0.435. The van der Waals surface area contributed by atoms with Crippen LogP contribution in [0.15, 0.2) is 42.5 Å². The van der Waals surface area contributed by atoms with Crippen molar-refractivity contribution in [1.29, 1.82) is 0 Å². The molecule has 1 aliphatic heterocycles. The number of methoxy groups -OCH3 is 2. The monoisotopic (exact) mass is 382 g/mol. The van der Waals surface area contributed by atoms with Gasteiger partial charge in [0.05, 0.1) is 20.8 Å². The number of carbonyl (C=O) groups is 1. The highest BCUT2D eigenvalue weighted by Gasteiger charge is 2.30. The molecule has 0 radical (unpaired) electrons. The Morgan fingerprint density at radius 1 is 1.18 bits per heavy atom. The predicted octanol–water partition coefficient (Wildman–Crippen LogP) is 4.60. The molecule has 150 valence electrons. The fourth-order valence-electron chi connectivity index (χ4n) is 3.96. The zero-order valence-electron chi connectivity index (χ0n) is 17.2. The van der Waals surface area contributed by atoms with Crippen molar-refractivity contribution in [3.8, 4) is 11.5 Å². The lowest BCUT2D eigenvalue weighted by atomic mass is 10.0. The van der Waals surface area contributed by atoms with Crippen molar-refractivity contribution in [2.75, 3.05) is 32.6 Å². The lowest BCUT2D eigenvalue weighted by molar-refractivity contribution is -0.117. The molecule has 1 saturated heterocycles. The first-order valence-corrected chi connectivity index (χ1v) is 9.88. The number of ether oxygens (including phenoxy) is 2. The van der Waals surface area contributed by atoms with Gasteiger partial charge in [0.15, 0.2) is 0 Å². The molecule has 5 heteroatoms. The highest BCUT2D eigenvalue weighted by Crippen LogP contribution is 2.38. The van der Waals surface area contributed by atoms with Gasteiger partial charge in [-0.2, -0.15) is 0 Å². The van der Waals surface area contributed by atoms with E-state index in [-0.39, 0.29) is 11.9 Å². The third-order valence-electron chi connectivity index (χ3n) is 5.36. The maximum atomic E-state index is 12.8. The van der Waals surface area contributed by atoms with Gasteiger partial charge in [-0.25, -0.2) is 0 Å². The molecule has 0 unspecified atom stereocenters. The van der Waals surface area contributed by atoms with Gasteiger partial charge in [-0.05, 0) is 55.1 Å². The molecule has 1 amide bonds. The molecular formula is C23H30N2O3. The Bertz CT molecular complexity index is 819. The van der Waals surface area contributed by atoms with E-state index in [0.29, 0.717) is 12.5 Å². The zero-order chi connectivity index (χ0) is 20.1. The second-order valence-electron chi connectivity index (χ2n) is 7.53. The SMILES string of the molecule is COc1ccc(OC)c([C@@H]2CCCN2CC(=O)Nc2ccccc2C(C)C)c1. The number of para-hydroxylation sites is 1. The molecule has 1 N–H and O–H groups in total. The third-order valence-corrected chi connectivity index (χ3v) is 5.36. The Labute approximate surface area is 167 Å². The van der Waals surface area contributed by atoms with Gasteiger partial charge >= 0.3 is 0 Å². The van der Waals surface area contributed by atoms with Crippen molar-refractivity contribution in [1.82, 2.24) is 4.90 Å². The molecule has 1 aliphatic rings. The molecular weight excluding hydrogens is 352 g/mol. The van der Waals surface area contributed by atoms with Crippen LogP contribution in [0.2, 0.25) is 0 Å². The highest BCUT2D eigenvalue weighted by molar-refractivity contribution is 5.93. The minimum Gasteiger partial charge on any atom is -0.497 e. The van der Waals surface area contributed by atoms with Crippen LogP contribution in [-0.2, 0) is 4.79 Å². The van der Waals surface area contributed by atoms with Gasteiger partial charge in [0.25, 0.3) is 0 Å². The molecule has 0 aliphatic carbocycles. The summed E-state index contributed by atoms with van der Waals surface area (Å²) in [5.74, 6) is 2.01. The summed E-state index contributed by atoms with van der Waals surface area (Å²) in [6.45, 7) is 5.52. The number of hydrogen-bond acceptors (Lipinski definition) is 4. The zero-order valence-corrected chi connectivity index (χ0v) is 17.2. The maximum absolute atomic E-state index is 12.8. The molecule has 0 aromatic heterocycles. The third kappa shape index (κ3) is 4.47. The first-order valence-electron chi connectivity index (χ1n) is 9.88. The largest absolute Gasteiger partial charge is 0.497 e. The quantitative estimate of drug-likeness (QED) is 0.760. The van der Waals surface area contributed by atoms with Crippen LogP contribution in [-0.4, -0.2) is 38.1 Å². The Balaban J connectivity index is 1.75. The number of carbonyl (C=O) groups excluding carboxylic acids is 1.